The molecule has 3 rings (SSSR count). The average molecular weight is 420 g/mol. The molecule has 2 heterocycles. The van der Waals surface area contributed by atoms with E-state index in [0.717, 1.165) is 28.8 Å². The second-order valence-corrected chi connectivity index (χ2v) is 7.05. The van der Waals surface area contributed by atoms with Crippen LogP contribution in [0.1, 0.15) is 20.9 Å². The standard InChI is InChI=1S/C13H11ClIN3OS/c14-8-5-7(1-2-9(8)15)12(19)18-13-17-10-3-4-16-6-11(10)20-13/h1-2,5,16H,3-4,6H2,(H,17,18,19). The fourth-order valence-electron chi connectivity index (χ4n) is 1.99. The van der Waals surface area contributed by atoms with Crippen LogP contribution in [0.3, 0.4) is 0 Å². The summed E-state index contributed by atoms with van der Waals surface area (Å²) in [6.45, 7) is 1.77. The van der Waals surface area contributed by atoms with Crippen molar-refractivity contribution in [2.75, 3.05) is 11.9 Å². The maximum Gasteiger partial charge on any atom is 0.257 e. The van der Waals surface area contributed by atoms with Crippen LogP contribution in [-0.4, -0.2) is 17.4 Å². The molecule has 0 unspecified atom stereocenters. The van der Waals surface area contributed by atoms with E-state index in [1.807, 2.05) is 6.07 Å². The highest BCUT2D eigenvalue weighted by atomic mass is 127. The summed E-state index contributed by atoms with van der Waals surface area (Å²) in [5, 5.41) is 7.37. The van der Waals surface area contributed by atoms with Gasteiger partial charge < -0.3 is 5.32 Å². The molecule has 1 amide bonds. The van der Waals surface area contributed by atoms with E-state index in [4.69, 9.17) is 11.6 Å². The Labute approximate surface area is 139 Å². The first-order valence-corrected chi connectivity index (χ1v) is 8.36. The van der Waals surface area contributed by atoms with E-state index < -0.39 is 0 Å². The number of fused-ring (bicyclic) bond motifs is 1. The van der Waals surface area contributed by atoms with E-state index in [0.29, 0.717) is 15.7 Å². The van der Waals surface area contributed by atoms with Crippen molar-refractivity contribution in [3.8, 4) is 0 Å². The predicted molar refractivity (Wildman–Crippen MR) is 89.6 cm³/mol. The summed E-state index contributed by atoms with van der Waals surface area (Å²) >= 11 is 9.69. The number of halogens is 2. The van der Waals surface area contributed by atoms with Gasteiger partial charge in [0.2, 0.25) is 0 Å². The smallest absolute Gasteiger partial charge is 0.257 e. The van der Waals surface area contributed by atoms with E-state index in [-0.39, 0.29) is 5.91 Å². The second kappa shape index (κ2) is 5.97. The van der Waals surface area contributed by atoms with Gasteiger partial charge in [0, 0.05) is 33.5 Å². The molecule has 0 fully saturated rings. The van der Waals surface area contributed by atoms with Gasteiger partial charge in [0.25, 0.3) is 5.91 Å². The van der Waals surface area contributed by atoms with Gasteiger partial charge >= 0.3 is 0 Å². The number of rotatable bonds is 2. The summed E-state index contributed by atoms with van der Waals surface area (Å²) in [5.41, 5.74) is 1.63. The van der Waals surface area contributed by atoms with Crippen molar-refractivity contribution in [3.05, 3.63) is 42.9 Å². The lowest BCUT2D eigenvalue weighted by Gasteiger charge is -2.09. The van der Waals surface area contributed by atoms with Gasteiger partial charge in [-0.2, -0.15) is 0 Å². The fourth-order valence-corrected chi connectivity index (χ4v) is 3.47. The number of hydrogen-bond donors (Lipinski definition) is 2. The first-order chi connectivity index (χ1) is 9.63. The third-order valence-corrected chi connectivity index (χ3v) is 5.59. The molecule has 2 aromatic rings. The summed E-state index contributed by atoms with van der Waals surface area (Å²) < 4.78 is 0.927. The van der Waals surface area contributed by atoms with Crippen molar-refractivity contribution in [2.24, 2.45) is 0 Å². The lowest BCUT2D eigenvalue weighted by Crippen LogP contribution is -2.22. The largest absolute Gasteiger partial charge is 0.311 e. The number of aromatic nitrogens is 1. The number of nitrogens with one attached hydrogen (secondary N) is 2. The topological polar surface area (TPSA) is 54.0 Å². The Morgan fingerprint density at radius 2 is 2.35 bits per heavy atom. The van der Waals surface area contributed by atoms with Crippen LogP contribution >= 0.6 is 45.5 Å². The van der Waals surface area contributed by atoms with Crippen LogP contribution in [0.2, 0.25) is 5.02 Å². The number of anilines is 1. The van der Waals surface area contributed by atoms with E-state index in [1.54, 1.807) is 12.1 Å². The highest BCUT2D eigenvalue weighted by molar-refractivity contribution is 14.1. The molecule has 20 heavy (non-hydrogen) atoms. The van der Waals surface area contributed by atoms with Crippen molar-refractivity contribution in [1.29, 1.82) is 0 Å². The Hall–Kier alpha value is -0.700. The van der Waals surface area contributed by atoms with Gasteiger partial charge in [0.05, 0.1) is 10.7 Å². The number of amides is 1. The van der Waals surface area contributed by atoms with Crippen LogP contribution in [0, 0.1) is 3.57 Å². The van der Waals surface area contributed by atoms with E-state index in [9.17, 15) is 4.79 Å². The van der Waals surface area contributed by atoms with Crippen LogP contribution in [0.25, 0.3) is 0 Å². The van der Waals surface area contributed by atoms with Gasteiger partial charge in [-0.1, -0.05) is 11.6 Å². The van der Waals surface area contributed by atoms with E-state index in [1.165, 1.54) is 16.2 Å². The summed E-state index contributed by atoms with van der Waals surface area (Å²) in [7, 11) is 0. The molecule has 4 nitrogen and oxygen atoms in total. The summed E-state index contributed by atoms with van der Waals surface area (Å²) in [5.74, 6) is -0.178. The molecule has 0 saturated carbocycles. The van der Waals surface area contributed by atoms with Crippen molar-refractivity contribution in [3.63, 3.8) is 0 Å². The second-order valence-electron chi connectivity index (χ2n) is 4.40. The van der Waals surface area contributed by atoms with Crippen molar-refractivity contribution in [2.45, 2.75) is 13.0 Å². The van der Waals surface area contributed by atoms with Gasteiger partial charge in [-0.25, -0.2) is 4.98 Å². The molecule has 1 aromatic heterocycles. The van der Waals surface area contributed by atoms with Gasteiger partial charge in [-0.05, 0) is 40.8 Å². The monoisotopic (exact) mass is 419 g/mol. The zero-order valence-corrected chi connectivity index (χ0v) is 14.1. The molecular formula is C13H11ClIN3OS. The fraction of sp³-hybridized carbons (Fsp3) is 0.231. The highest BCUT2D eigenvalue weighted by Gasteiger charge is 2.16. The maximum atomic E-state index is 12.2. The molecule has 1 aliphatic heterocycles. The molecule has 0 aliphatic carbocycles. The minimum absolute atomic E-state index is 0.178. The quantitative estimate of drug-likeness (QED) is 0.735. The zero-order chi connectivity index (χ0) is 14.1. The third-order valence-electron chi connectivity index (χ3n) is 3.00. The molecule has 104 valence electrons. The van der Waals surface area contributed by atoms with Gasteiger partial charge in [0.1, 0.15) is 0 Å². The molecule has 7 heteroatoms. The van der Waals surface area contributed by atoms with E-state index in [2.05, 4.69) is 38.2 Å². The number of hydrogen-bond acceptors (Lipinski definition) is 4. The van der Waals surface area contributed by atoms with Gasteiger partial charge in [-0.3, -0.25) is 10.1 Å². The third kappa shape index (κ3) is 2.98. The SMILES string of the molecule is O=C(Nc1nc2c(s1)CNCC2)c1ccc(I)c(Cl)c1. The molecule has 2 N–H and O–H groups in total. The Morgan fingerprint density at radius 1 is 1.50 bits per heavy atom. The Kier molecular flexibility index (Phi) is 4.25. The van der Waals surface area contributed by atoms with Crippen LogP contribution in [0.5, 0.6) is 0 Å². The number of thiazole rings is 1. The van der Waals surface area contributed by atoms with Crippen molar-refractivity contribution < 1.29 is 4.79 Å². The van der Waals surface area contributed by atoms with Crippen molar-refractivity contribution >= 4 is 56.6 Å². The van der Waals surface area contributed by atoms with Gasteiger partial charge in [0.15, 0.2) is 5.13 Å². The maximum absolute atomic E-state index is 12.2. The molecule has 1 aliphatic rings. The summed E-state index contributed by atoms with van der Waals surface area (Å²) in [6.07, 6.45) is 0.914. The summed E-state index contributed by atoms with van der Waals surface area (Å²) in [4.78, 5) is 17.8. The minimum atomic E-state index is -0.178. The number of benzene rings is 1. The molecule has 1 aromatic carbocycles. The molecule has 0 bridgehead atoms. The van der Waals surface area contributed by atoms with Crippen LogP contribution in [0.4, 0.5) is 5.13 Å². The Bertz CT molecular complexity index is 650. The zero-order valence-electron chi connectivity index (χ0n) is 10.4. The number of carbonyl (C=O) groups is 1. The highest BCUT2D eigenvalue weighted by Crippen LogP contribution is 2.26. The molecule has 0 spiro atoms. The average Bonchev–Trinajstić information content (AvgIpc) is 2.83. The summed E-state index contributed by atoms with van der Waals surface area (Å²) in [6, 6.07) is 5.26. The molecule has 0 atom stereocenters. The number of nitrogens with zero attached hydrogens (tertiary/aromatic N) is 1. The van der Waals surface area contributed by atoms with E-state index >= 15 is 0 Å². The normalized spacial score (nSPS) is 13.9. The predicted octanol–water partition coefficient (Wildman–Crippen LogP) is 3.30. The molecular weight excluding hydrogens is 409 g/mol. The lowest BCUT2D eigenvalue weighted by atomic mass is 10.2. The van der Waals surface area contributed by atoms with Crippen LogP contribution < -0.4 is 10.6 Å². The Morgan fingerprint density at radius 3 is 3.10 bits per heavy atom. The minimum Gasteiger partial charge on any atom is -0.311 e. The van der Waals surface area contributed by atoms with Crippen LogP contribution in [-0.2, 0) is 13.0 Å². The first-order valence-electron chi connectivity index (χ1n) is 6.09. The molecule has 0 radical (unpaired) electrons. The van der Waals surface area contributed by atoms with Gasteiger partial charge in [-0.15, -0.1) is 11.3 Å². The first kappa shape index (κ1) is 14.2. The molecule has 0 saturated heterocycles. The van der Waals surface area contributed by atoms with Crippen molar-refractivity contribution in [1.82, 2.24) is 10.3 Å². The Balaban J connectivity index is 1.78. The lowest BCUT2D eigenvalue weighted by molar-refractivity contribution is 0.102. The van der Waals surface area contributed by atoms with Crippen LogP contribution in [0.15, 0.2) is 18.2 Å². The number of carbonyl (C=O) groups excluding carboxylic acids is 1.